The number of benzene rings is 2. The van der Waals surface area contributed by atoms with Gasteiger partial charge in [0.05, 0.1) is 0 Å². The topological polar surface area (TPSA) is 0 Å². The molecule has 1 aliphatic heterocycles. The van der Waals surface area contributed by atoms with Crippen LogP contribution >= 0.6 is 0 Å². The van der Waals surface area contributed by atoms with Crippen molar-refractivity contribution in [2.75, 3.05) is 0 Å². The smallest absolute Gasteiger partial charge is 0.165 e. The Kier molecular flexibility index (Phi) is 7.22. The number of allylic oxidation sites excluding steroid dienone is 4. The Balaban J connectivity index is 1.52. The first kappa shape index (κ1) is 22.2. The Morgan fingerprint density at radius 1 is 1.03 bits per heavy atom. The zero-order valence-electron chi connectivity index (χ0n) is 18.5. The van der Waals surface area contributed by atoms with Gasteiger partial charge in [0.2, 0.25) is 0 Å². The average molecular weight is 436 g/mol. The van der Waals surface area contributed by atoms with Gasteiger partial charge in [-0.2, -0.15) is 0 Å². The van der Waals surface area contributed by atoms with Gasteiger partial charge in [-0.25, -0.2) is 8.78 Å². The van der Waals surface area contributed by atoms with Gasteiger partial charge in [0.1, 0.15) is 5.82 Å². The Morgan fingerprint density at radius 3 is 2.61 bits per heavy atom. The van der Waals surface area contributed by atoms with Gasteiger partial charge in [-0.05, 0) is 47.6 Å². The first-order valence-electron chi connectivity index (χ1n) is 11.9. The number of halogens is 2. The zero-order valence-corrected chi connectivity index (χ0v) is 19.5. The van der Waals surface area contributed by atoms with Gasteiger partial charge in [0.15, 0.2) is 5.67 Å². The third-order valence-corrected chi connectivity index (χ3v) is 10.1. The predicted molar refractivity (Wildman–Crippen MR) is 129 cm³/mol. The highest BCUT2D eigenvalue weighted by Crippen LogP contribution is 2.46. The number of unbranched alkanes of at least 4 members (excludes halogenated alkanes) is 2. The Bertz CT molecular complexity index is 940. The van der Waals surface area contributed by atoms with E-state index in [1.807, 2.05) is 24.3 Å². The van der Waals surface area contributed by atoms with Crippen LogP contribution in [0.4, 0.5) is 8.78 Å². The molecular weight excluding hydrogens is 402 g/mol. The van der Waals surface area contributed by atoms with Crippen LogP contribution in [0.3, 0.4) is 0 Å². The summed E-state index contributed by atoms with van der Waals surface area (Å²) in [6.45, 7) is 2.27. The van der Waals surface area contributed by atoms with Crippen molar-refractivity contribution in [2.45, 2.75) is 75.2 Å². The van der Waals surface area contributed by atoms with Crippen molar-refractivity contribution in [3.8, 4) is 0 Å². The van der Waals surface area contributed by atoms with Crippen molar-refractivity contribution in [2.24, 2.45) is 0 Å². The molecule has 0 nitrogen and oxygen atoms in total. The molecule has 163 valence electrons. The van der Waals surface area contributed by atoms with Gasteiger partial charge in [-0.3, -0.25) is 0 Å². The third kappa shape index (κ3) is 5.09. The van der Waals surface area contributed by atoms with E-state index in [1.165, 1.54) is 67.9 Å². The highest BCUT2D eigenvalue weighted by Gasteiger charge is 2.38. The lowest BCUT2D eigenvalue weighted by atomic mass is 9.78. The number of hydrogen-bond acceptors (Lipinski definition) is 0. The molecule has 1 unspecified atom stereocenters. The van der Waals surface area contributed by atoms with Crippen LogP contribution in [0.1, 0.15) is 68.1 Å². The molecule has 1 aliphatic carbocycles. The second-order valence-corrected chi connectivity index (χ2v) is 12.1. The van der Waals surface area contributed by atoms with Gasteiger partial charge >= 0.3 is 0 Å². The van der Waals surface area contributed by atoms with E-state index < -0.39 is 5.67 Å². The van der Waals surface area contributed by atoms with Crippen LogP contribution in [-0.4, -0.2) is 8.80 Å². The minimum Gasteiger partial charge on any atom is -0.233 e. The van der Waals surface area contributed by atoms with Crippen molar-refractivity contribution in [3.05, 3.63) is 89.3 Å². The maximum absolute atomic E-state index is 16.5. The fourth-order valence-electron chi connectivity index (χ4n) is 5.16. The summed E-state index contributed by atoms with van der Waals surface area (Å²) in [5, 5.41) is 0. The minimum absolute atomic E-state index is 0.178. The van der Waals surface area contributed by atoms with Crippen LogP contribution in [0, 0.1) is 5.82 Å². The fraction of sp³-hybridized carbons (Fsp3) is 0.429. The van der Waals surface area contributed by atoms with E-state index in [-0.39, 0.29) is 21.0 Å². The summed E-state index contributed by atoms with van der Waals surface area (Å²) in [6, 6.07) is 18.7. The van der Waals surface area contributed by atoms with Crippen LogP contribution in [0.15, 0.2) is 66.8 Å². The van der Waals surface area contributed by atoms with Crippen molar-refractivity contribution in [3.63, 3.8) is 0 Å². The Labute approximate surface area is 187 Å². The summed E-state index contributed by atoms with van der Waals surface area (Å²) < 4.78 is 30.4. The molecule has 31 heavy (non-hydrogen) atoms. The van der Waals surface area contributed by atoms with Crippen molar-refractivity contribution in [1.82, 2.24) is 0 Å². The highest BCUT2D eigenvalue weighted by molar-refractivity contribution is 6.59. The molecule has 3 heteroatoms. The maximum Gasteiger partial charge on any atom is 0.165 e. The largest absolute Gasteiger partial charge is 0.233 e. The summed E-state index contributed by atoms with van der Waals surface area (Å²) in [4.78, 5) is 0. The van der Waals surface area contributed by atoms with E-state index in [4.69, 9.17) is 0 Å². The first-order valence-corrected chi connectivity index (χ1v) is 14.0. The van der Waals surface area contributed by atoms with Crippen LogP contribution in [0.25, 0.3) is 5.57 Å². The van der Waals surface area contributed by atoms with Crippen LogP contribution < -0.4 is 0 Å². The molecule has 1 atom stereocenters. The van der Waals surface area contributed by atoms with Crippen LogP contribution in [-0.2, 0) is 5.67 Å². The molecule has 0 N–H and O–H groups in total. The van der Waals surface area contributed by atoms with Gasteiger partial charge < -0.3 is 0 Å². The highest BCUT2D eigenvalue weighted by atomic mass is 28.3. The minimum atomic E-state index is -1.62. The average Bonchev–Trinajstić information content (AvgIpc) is 2.80. The lowest BCUT2D eigenvalue weighted by Crippen LogP contribution is -2.24. The van der Waals surface area contributed by atoms with E-state index in [1.54, 1.807) is 18.2 Å². The molecule has 0 spiro atoms. The molecule has 1 saturated heterocycles. The van der Waals surface area contributed by atoms with Crippen molar-refractivity contribution >= 4 is 14.4 Å². The van der Waals surface area contributed by atoms with E-state index >= 15 is 4.39 Å². The molecule has 1 fully saturated rings. The number of alkyl halides is 1. The summed E-state index contributed by atoms with van der Waals surface area (Å²) >= 11 is 0. The molecule has 2 aliphatic rings. The second kappa shape index (κ2) is 10.1. The third-order valence-electron chi connectivity index (χ3n) is 7.00. The monoisotopic (exact) mass is 435 g/mol. The molecule has 1 heterocycles. The van der Waals surface area contributed by atoms with Gasteiger partial charge in [-0.1, -0.05) is 98.9 Å². The maximum atomic E-state index is 16.5. The molecule has 2 aromatic carbocycles. The number of rotatable bonds is 7. The molecule has 1 radical (unpaired) electrons. The Hall–Kier alpha value is -2.00. The van der Waals surface area contributed by atoms with Crippen LogP contribution in [0.2, 0.25) is 18.1 Å². The molecule has 0 aromatic heterocycles. The molecule has 2 aromatic rings. The summed E-state index contributed by atoms with van der Waals surface area (Å²) in [5.41, 5.74) is 1.52. The van der Waals surface area contributed by atoms with Gasteiger partial charge in [0.25, 0.3) is 0 Å². The molecular formula is C28H33F2Si. The van der Waals surface area contributed by atoms with E-state index in [2.05, 4.69) is 19.1 Å². The lowest BCUT2D eigenvalue weighted by Gasteiger charge is -2.32. The number of hydrogen-bond donors (Lipinski definition) is 0. The summed E-state index contributed by atoms with van der Waals surface area (Å²) in [6.07, 6.45) is 12.4. The molecule has 0 bridgehead atoms. The Morgan fingerprint density at radius 2 is 1.84 bits per heavy atom. The second-order valence-electron chi connectivity index (χ2n) is 9.13. The van der Waals surface area contributed by atoms with Crippen LogP contribution in [0.5, 0.6) is 0 Å². The molecule has 0 saturated carbocycles. The van der Waals surface area contributed by atoms with Crippen molar-refractivity contribution < 1.29 is 8.78 Å². The quantitative estimate of drug-likeness (QED) is 0.302. The van der Waals surface area contributed by atoms with Gasteiger partial charge in [0, 0.05) is 20.8 Å². The zero-order chi connectivity index (χ0) is 21.7. The summed E-state index contributed by atoms with van der Waals surface area (Å²) in [5.74, 6) is 0.215. The predicted octanol–water partition coefficient (Wildman–Crippen LogP) is 8.60. The summed E-state index contributed by atoms with van der Waals surface area (Å²) in [7, 11) is -0.178. The molecule has 0 amide bonds. The van der Waals surface area contributed by atoms with E-state index in [0.717, 1.165) is 0 Å². The normalized spacial score (nSPS) is 22.5. The standard InChI is InChI=1S/C28H33F2Si/c1-2-3-6-17-31-18-14-22(15-19-31)23-9-7-11-25(20-23)28(30)16-5-4-13-27(28)24-10-8-12-26(29)21-24/h4-5,7-13,20-22H,2-3,6,14-19H2,1H3. The lowest BCUT2D eigenvalue weighted by molar-refractivity contribution is 0.249. The fourth-order valence-corrected chi connectivity index (χ4v) is 8.18. The SMILES string of the molecule is CCCCC[Si]1CCC(c2cccc(C3(F)CC=CC=C3c3cccc(F)c3)c2)CC1. The molecule has 4 rings (SSSR count). The van der Waals surface area contributed by atoms with E-state index in [0.29, 0.717) is 22.6 Å². The van der Waals surface area contributed by atoms with Crippen molar-refractivity contribution in [1.29, 1.82) is 0 Å². The van der Waals surface area contributed by atoms with E-state index in [9.17, 15) is 4.39 Å². The van der Waals surface area contributed by atoms with Gasteiger partial charge in [-0.15, -0.1) is 0 Å². The first-order chi connectivity index (χ1) is 15.1.